The molecule has 41 heavy (non-hydrogen) atoms. The molecule has 1 aliphatic heterocycles. The van der Waals surface area contributed by atoms with Gasteiger partial charge in [0, 0.05) is 38.3 Å². The summed E-state index contributed by atoms with van der Waals surface area (Å²) in [6.07, 6.45) is 1.87. The van der Waals surface area contributed by atoms with Gasteiger partial charge in [-0.2, -0.15) is 0 Å². The van der Waals surface area contributed by atoms with Gasteiger partial charge >= 0.3 is 0 Å². The van der Waals surface area contributed by atoms with Crippen LogP contribution in [0.25, 0.3) is 33.3 Å². The fourth-order valence-corrected chi connectivity index (χ4v) is 5.79. The Balaban J connectivity index is 0.00000302. The Labute approximate surface area is 254 Å². The van der Waals surface area contributed by atoms with Crippen molar-refractivity contribution in [1.82, 2.24) is 9.97 Å². The molecule has 4 nitrogen and oxygen atoms in total. The van der Waals surface area contributed by atoms with Crippen molar-refractivity contribution in [2.24, 2.45) is 0 Å². The van der Waals surface area contributed by atoms with Crippen LogP contribution in [0, 0.1) is 13.0 Å². The number of para-hydroxylation sites is 1. The topological polar surface area (TPSA) is 49.2 Å². The minimum atomic E-state index is -0.235. The Kier molecular flexibility index (Phi) is 6.75. The van der Waals surface area contributed by atoms with Gasteiger partial charge in [-0.15, -0.1) is 23.8 Å². The maximum absolute atomic E-state index is 10.7. The van der Waals surface area contributed by atoms with Crippen LogP contribution in [0.4, 0.5) is 17.2 Å². The van der Waals surface area contributed by atoms with Gasteiger partial charge in [0.15, 0.2) is 0 Å². The number of rotatable bonds is 3. The van der Waals surface area contributed by atoms with Gasteiger partial charge in [-0.25, -0.2) is 4.98 Å². The molecule has 0 bridgehead atoms. The Morgan fingerprint density at radius 2 is 1.54 bits per heavy atom. The van der Waals surface area contributed by atoms with E-state index in [1.54, 1.807) is 0 Å². The normalized spacial score (nSPS) is 13.3. The second-order valence-corrected chi connectivity index (χ2v) is 10.9. The van der Waals surface area contributed by atoms with Crippen LogP contribution in [0.5, 0.6) is 5.75 Å². The van der Waals surface area contributed by atoms with Gasteiger partial charge < -0.3 is 10.0 Å². The van der Waals surface area contributed by atoms with Gasteiger partial charge in [-0.3, -0.25) is 4.98 Å². The molecule has 0 radical (unpaired) electrons. The molecule has 0 fully saturated rings. The third-order valence-electron chi connectivity index (χ3n) is 8.03. The molecule has 6 aromatic rings. The zero-order chi connectivity index (χ0) is 27.4. The van der Waals surface area contributed by atoms with Crippen LogP contribution < -0.4 is 4.90 Å². The van der Waals surface area contributed by atoms with E-state index in [2.05, 4.69) is 91.5 Å². The maximum atomic E-state index is 10.7. The standard InChI is InChI=1S/C36H28N3O.Pt/c1-23-13-14-25-16-18-30(38-34(25)35(23)40)27-15-17-29-32(21-27)39(31-12-8-7-11-28(31)36(29,2)3)33-22-26(19-20-37-33)24-9-5-4-6-10-24;/h4-20,22,40H,1-3H3;/q-1;. The molecule has 0 saturated heterocycles. The molecule has 1 aliphatic rings. The molecule has 3 heterocycles. The smallest absolute Gasteiger partial charge is 0.143 e. The summed E-state index contributed by atoms with van der Waals surface area (Å²) in [7, 11) is 0. The van der Waals surface area contributed by atoms with Crippen LogP contribution >= 0.6 is 0 Å². The predicted octanol–water partition coefficient (Wildman–Crippen LogP) is 8.88. The summed E-state index contributed by atoms with van der Waals surface area (Å²) in [5.74, 6) is 1.05. The van der Waals surface area contributed by atoms with E-state index in [0.717, 1.165) is 50.5 Å². The molecule has 2 aromatic heterocycles. The van der Waals surface area contributed by atoms with Crippen molar-refractivity contribution >= 4 is 28.1 Å². The number of aromatic nitrogens is 2. The van der Waals surface area contributed by atoms with Gasteiger partial charge in [0.1, 0.15) is 17.1 Å². The van der Waals surface area contributed by atoms with Crippen LogP contribution in [-0.2, 0) is 26.5 Å². The molecule has 5 heteroatoms. The number of fused-ring (bicyclic) bond motifs is 3. The average molecular weight is 714 g/mol. The van der Waals surface area contributed by atoms with Crippen LogP contribution in [0.2, 0.25) is 0 Å². The number of hydrogen-bond donors (Lipinski definition) is 1. The van der Waals surface area contributed by atoms with Gasteiger partial charge in [0.05, 0.1) is 0 Å². The number of pyridine rings is 2. The molecule has 7 rings (SSSR count). The zero-order valence-electron chi connectivity index (χ0n) is 23.0. The number of nitrogens with zero attached hydrogens (tertiary/aromatic N) is 3. The fourth-order valence-electron chi connectivity index (χ4n) is 5.79. The van der Waals surface area contributed by atoms with E-state index in [-0.39, 0.29) is 32.2 Å². The molecule has 204 valence electrons. The van der Waals surface area contributed by atoms with E-state index < -0.39 is 0 Å². The molecular formula is C36H28N3OPt-. The fraction of sp³-hybridized carbons (Fsp3) is 0.111. The number of anilines is 3. The van der Waals surface area contributed by atoms with Crippen molar-refractivity contribution in [3.63, 3.8) is 0 Å². The number of aromatic hydroxyl groups is 1. The molecular weight excluding hydrogens is 685 g/mol. The molecule has 1 N–H and O–H groups in total. The first-order chi connectivity index (χ1) is 19.4. The molecule has 0 aliphatic carbocycles. The Morgan fingerprint density at radius 1 is 0.780 bits per heavy atom. The molecule has 0 saturated carbocycles. The van der Waals surface area contributed by atoms with Gasteiger partial charge in [-0.1, -0.05) is 92.2 Å². The Bertz CT molecular complexity index is 1920. The Morgan fingerprint density at radius 3 is 2.37 bits per heavy atom. The van der Waals surface area contributed by atoms with E-state index in [0.29, 0.717) is 5.52 Å². The van der Waals surface area contributed by atoms with Crippen LogP contribution in [0.1, 0.15) is 30.5 Å². The van der Waals surface area contributed by atoms with Crippen LogP contribution in [-0.4, -0.2) is 15.1 Å². The Hall–Kier alpha value is -4.27. The summed E-state index contributed by atoms with van der Waals surface area (Å²) < 4.78 is 0. The number of aryl methyl sites for hydroxylation is 1. The minimum Gasteiger partial charge on any atom is -0.505 e. The zero-order valence-corrected chi connectivity index (χ0v) is 25.3. The van der Waals surface area contributed by atoms with Crippen molar-refractivity contribution in [3.05, 3.63) is 132 Å². The SMILES string of the molecule is Cc1ccc2ccc(-c3[c-]c4c(cc3)C(C)(C)c3ccccc3N4c3cc(-c4ccccc4)ccn3)nc2c1O.[Pt]. The first-order valence-electron chi connectivity index (χ1n) is 13.5. The van der Waals surface area contributed by atoms with Gasteiger partial charge in [0.25, 0.3) is 0 Å². The number of hydrogen-bond acceptors (Lipinski definition) is 4. The maximum Gasteiger partial charge on any atom is 0.143 e. The molecule has 0 atom stereocenters. The summed E-state index contributed by atoms with van der Waals surface area (Å²) in [6.45, 7) is 6.42. The molecule has 0 amide bonds. The van der Waals surface area contributed by atoms with Crippen molar-refractivity contribution in [2.75, 3.05) is 4.90 Å². The quantitative estimate of drug-likeness (QED) is 0.186. The number of benzene rings is 4. The number of phenols is 1. The van der Waals surface area contributed by atoms with Gasteiger partial charge in [0.2, 0.25) is 0 Å². The average Bonchev–Trinajstić information content (AvgIpc) is 2.99. The third-order valence-corrected chi connectivity index (χ3v) is 8.03. The van der Waals surface area contributed by atoms with Crippen molar-refractivity contribution < 1.29 is 26.2 Å². The van der Waals surface area contributed by atoms with Crippen molar-refractivity contribution in [3.8, 4) is 28.1 Å². The van der Waals surface area contributed by atoms with E-state index in [1.165, 1.54) is 11.1 Å². The van der Waals surface area contributed by atoms with Crippen molar-refractivity contribution in [1.29, 1.82) is 0 Å². The van der Waals surface area contributed by atoms with E-state index in [1.807, 2.05) is 49.5 Å². The van der Waals surface area contributed by atoms with E-state index in [9.17, 15) is 5.11 Å². The monoisotopic (exact) mass is 713 g/mol. The minimum absolute atomic E-state index is 0. The van der Waals surface area contributed by atoms with Gasteiger partial charge in [-0.05, 0) is 64.2 Å². The summed E-state index contributed by atoms with van der Waals surface area (Å²) >= 11 is 0. The predicted molar refractivity (Wildman–Crippen MR) is 162 cm³/mol. The van der Waals surface area contributed by atoms with E-state index in [4.69, 9.17) is 9.97 Å². The molecule has 0 unspecified atom stereocenters. The first-order valence-corrected chi connectivity index (χ1v) is 13.5. The van der Waals surface area contributed by atoms with Crippen molar-refractivity contribution in [2.45, 2.75) is 26.2 Å². The van der Waals surface area contributed by atoms with E-state index >= 15 is 0 Å². The second-order valence-electron chi connectivity index (χ2n) is 10.9. The molecule has 4 aromatic carbocycles. The third kappa shape index (κ3) is 4.44. The molecule has 0 spiro atoms. The van der Waals surface area contributed by atoms with Crippen LogP contribution in [0.3, 0.4) is 0 Å². The second kappa shape index (κ2) is 10.3. The summed E-state index contributed by atoms with van der Waals surface area (Å²) in [6, 6.07) is 39.0. The summed E-state index contributed by atoms with van der Waals surface area (Å²) in [5.41, 5.74) is 9.49. The van der Waals surface area contributed by atoms with Crippen LogP contribution in [0.15, 0.2) is 109 Å². The first kappa shape index (κ1) is 26.9. The number of phenolic OH excluding ortho intramolecular Hbond substituents is 1. The summed E-state index contributed by atoms with van der Waals surface area (Å²) in [4.78, 5) is 11.9. The summed E-state index contributed by atoms with van der Waals surface area (Å²) in [5, 5.41) is 11.6. The largest absolute Gasteiger partial charge is 0.505 e.